The molecule has 0 radical (unpaired) electrons. The summed E-state index contributed by atoms with van der Waals surface area (Å²) in [6, 6.07) is 0. The number of carboxylic acid groups (broad SMARTS) is 1. The highest BCUT2D eigenvalue weighted by molar-refractivity contribution is 5.86. The maximum absolute atomic E-state index is 9.97. The van der Waals surface area contributed by atoms with E-state index in [9.17, 15) is 9.90 Å². The molecule has 3 nitrogen and oxygen atoms in total. The number of hydrogen-bond acceptors (Lipinski definition) is 2. The lowest BCUT2D eigenvalue weighted by molar-refractivity contribution is -0.130. The molecule has 0 aromatic rings. The molecule has 1 unspecified atom stereocenters. The van der Waals surface area contributed by atoms with Crippen LogP contribution in [0.3, 0.4) is 0 Å². The number of rotatable bonds is 2. The Morgan fingerprint density at radius 1 is 1.64 bits per heavy atom. The molecule has 0 aliphatic rings. The molecule has 0 aliphatic carbocycles. The molecule has 62 valence electrons. The fourth-order valence-corrected chi connectivity index (χ4v) is 0.737. The first kappa shape index (κ1) is 9.99. The molecule has 0 saturated heterocycles. The summed E-state index contributed by atoms with van der Waals surface area (Å²) in [7, 11) is 0. The smallest absolute Gasteiger partial charge is 0.382 e. The number of carbonyl (C=O) groups is 1. The Kier molecular flexibility index (Phi) is 3.63. The third kappa shape index (κ3) is 5.43. The highest BCUT2D eigenvalue weighted by Gasteiger charge is 2.14. The average Bonchev–Trinajstić information content (AvgIpc) is 1.84. The second-order valence-corrected chi connectivity index (χ2v) is 2.58. The molecule has 3 heteroatoms. The molecular formula is C8H12O3. The molecular weight excluding hydrogens is 144 g/mol. The third-order valence-electron chi connectivity index (χ3n) is 1.18. The molecule has 0 heterocycles. The Morgan fingerprint density at radius 2 is 2.18 bits per heavy atom. The van der Waals surface area contributed by atoms with Crippen molar-refractivity contribution in [2.24, 2.45) is 0 Å². The topological polar surface area (TPSA) is 57.5 Å². The summed E-state index contributed by atoms with van der Waals surface area (Å²) < 4.78 is 0. The van der Waals surface area contributed by atoms with Crippen molar-refractivity contribution in [3.8, 4) is 11.8 Å². The van der Waals surface area contributed by atoms with Gasteiger partial charge in [-0.05, 0) is 13.3 Å². The predicted octanol–water partition coefficient (Wildman–Crippen LogP) is 0.625. The van der Waals surface area contributed by atoms with Crippen molar-refractivity contribution in [2.45, 2.75) is 32.3 Å². The number of aliphatic hydroxyl groups is 1. The van der Waals surface area contributed by atoms with Gasteiger partial charge in [0, 0.05) is 5.92 Å². The Labute approximate surface area is 66.0 Å². The van der Waals surface area contributed by atoms with E-state index in [1.807, 2.05) is 12.8 Å². The largest absolute Gasteiger partial charge is 0.472 e. The first-order valence-corrected chi connectivity index (χ1v) is 3.46. The average molecular weight is 156 g/mol. The maximum Gasteiger partial charge on any atom is 0.382 e. The van der Waals surface area contributed by atoms with E-state index >= 15 is 0 Å². The normalized spacial score (nSPS) is 14.5. The highest BCUT2D eigenvalue weighted by Crippen LogP contribution is 2.09. The van der Waals surface area contributed by atoms with Crippen LogP contribution in [0.4, 0.5) is 0 Å². The van der Waals surface area contributed by atoms with Gasteiger partial charge in [0.2, 0.25) is 0 Å². The second kappa shape index (κ2) is 3.99. The van der Waals surface area contributed by atoms with Gasteiger partial charge in [-0.1, -0.05) is 19.3 Å². The molecule has 11 heavy (non-hydrogen) atoms. The summed E-state index contributed by atoms with van der Waals surface area (Å²) in [5.74, 6) is 2.95. The monoisotopic (exact) mass is 156 g/mol. The van der Waals surface area contributed by atoms with Gasteiger partial charge in [0.1, 0.15) is 5.60 Å². The lowest BCUT2D eigenvalue weighted by Gasteiger charge is -2.13. The minimum Gasteiger partial charge on any atom is -0.472 e. The minimum atomic E-state index is -1.21. The molecule has 0 aromatic carbocycles. The van der Waals surface area contributed by atoms with Gasteiger partial charge < -0.3 is 10.2 Å². The summed E-state index contributed by atoms with van der Waals surface area (Å²) in [5, 5.41) is 17.5. The number of aliphatic carboxylic acids is 1. The molecule has 0 bridgehead atoms. The van der Waals surface area contributed by atoms with Crippen molar-refractivity contribution in [3.63, 3.8) is 0 Å². The van der Waals surface area contributed by atoms with Crippen molar-refractivity contribution < 1.29 is 15.0 Å². The first-order valence-electron chi connectivity index (χ1n) is 3.46. The molecule has 2 N–H and O–H groups in total. The van der Waals surface area contributed by atoms with Gasteiger partial charge in [0.05, 0.1) is 0 Å². The zero-order valence-corrected chi connectivity index (χ0v) is 6.72. The lowest BCUT2D eigenvalue weighted by Crippen LogP contribution is -2.21. The SMILES string of the molecule is CCCC(C)(O)C#CC(=O)O. The van der Waals surface area contributed by atoms with E-state index in [-0.39, 0.29) is 0 Å². The molecule has 0 aliphatic heterocycles. The van der Waals surface area contributed by atoms with E-state index in [2.05, 4.69) is 5.92 Å². The first-order chi connectivity index (χ1) is 4.98. The quantitative estimate of drug-likeness (QED) is 0.576. The van der Waals surface area contributed by atoms with Crippen LogP contribution >= 0.6 is 0 Å². The van der Waals surface area contributed by atoms with Gasteiger partial charge in [-0.15, -0.1) is 0 Å². The van der Waals surface area contributed by atoms with Crippen molar-refractivity contribution in [2.75, 3.05) is 0 Å². The van der Waals surface area contributed by atoms with E-state index in [0.29, 0.717) is 6.42 Å². The molecule has 0 saturated carbocycles. The minimum absolute atomic E-state index is 0.493. The molecule has 0 fully saturated rings. The van der Waals surface area contributed by atoms with Gasteiger partial charge in [-0.25, -0.2) is 4.79 Å². The summed E-state index contributed by atoms with van der Waals surface area (Å²) in [6.45, 7) is 3.41. The maximum atomic E-state index is 9.97. The molecule has 0 rings (SSSR count). The molecule has 0 spiro atoms. The van der Waals surface area contributed by atoms with Crippen LogP contribution in [0.1, 0.15) is 26.7 Å². The van der Waals surface area contributed by atoms with Crippen LogP contribution in [0, 0.1) is 11.8 Å². The van der Waals surface area contributed by atoms with Crippen molar-refractivity contribution >= 4 is 5.97 Å². The zero-order chi connectivity index (χ0) is 8.91. The second-order valence-electron chi connectivity index (χ2n) is 2.58. The highest BCUT2D eigenvalue weighted by atomic mass is 16.4. The Bertz CT molecular complexity index is 195. The van der Waals surface area contributed by atoms with Crippen LogP contribution in [0.25, 0.3) is 0 Å². The Balaban J connectivity index is 4.13. The summed E-state index contributed by atoms with van der Waals surface area (Å²) in [4.78, 5) is 9.97. The van der Waals surface area contributed by atoms with Gasteiger partial charge in [-0.3, -0.25) is 0 Å². The summed E-state index contributed by atoms with van der Waals surface area (Å²) >= 11 is 0. The van der Waals surface area contributed by atoms with Gasteiger partial charge in [0.25, 0.3) is 0 Å². The standard InChI is InChI=1S/C8H12O3/c1-3-5-8(2,11)6-4-7(9)10/h11H,3,5H2,1-2H3,(H,9,10). The van der Waals surface area contributed by atoms with Gasteiger partial charge in [0.15, 0.2) is 0 Å². The van der Waals surface area contributed by atoms with Crippen LogP contribution in [-0.4, -0.2) is 21.8 Å². The fourth-order valence-electron chi connectivity index (χ4n) is 0.737. The van der Waals surface area contributed by atoms with Gasteiger partial charge >= 0.3 is 5.97 Å². The Hall–Kier alpha value is -1.01. The third-order valence-corrected chi connectivity index (χ3v) is 1.18. The molecule has 0 amide bonds. The zero-order valence-electron chi connectivity index (χ0n) is 6.72. The van der Waals surface area contributed by atoms with Crippen LogP contribution in [0.2, 0.25) is 0 Å². The number of hydrogen-bond donors (Lipinski definition) is 2. The summed E-state index contributed by atoms with van der Waals surface area (Å²) in [6.07, 6.45) is 1.27. The lowest BCUT2D eigenvalue weighted by atomic mass is 10.0. The van der Waals surface area contributed by atoms with E-state index < -0.39 is 11.6 Å². The van der Waals surface area contributed by atoms with Crippen molar-refractivity contribution in [1.82, 2.24) is 0 Å². The van der Waals surface area contributed by atoms with Gasteiger partial charge in [-0.2, -0.15) is 0 Å². The number of carboxylic acids is 1. The van der Waals surface area contributed by atoms with E-state index in [4.69, 9.17) is 5.11 Å². The van der Waals surface area contributed by atoms with Crippen LogP contribution in [0.15, 0.2) is 0 Å². The van der Waals surface area contributed by atoms with Crippen LogP contribution in [-0.2, 0) is 4.79 Å². The fraction of sp³-hybridized carbons (Fsp3) is 0.625. The Morgan fingerprint density at radius 3 is 2.55 bits per heavy atom. The van der Waals surface area contributed by atoms with Crippen LogP contribution < -0.4 is 0 Å². The van der Waals surface area contributed by atoms with Crippen molar-refractivity contribution in [3.05, 3.63) is 0 Å². The molecule has 0 aromatic heterocycles. The van der Waals surface area contributed by atoms with Crippen LogP contribution in [0.5, 0.6) is 0 Å². The van der Waals surface area contributed by atoms with E-state index in [0.717, 1.165) is 6.42 Å². The summed E-state index contributed by atoms with van der Waals surface area (Å²) in [5.41, 5.74) is -1.16. The predicted molar refractivity (Wildman–Crippen MR) is 40.9 cm³/mol. The van der Waals surface area contributed by atoms with Crippen molar-refractivity contribution in [1.29, 1.82) is 0 Å². The van der Waals surface area contributed by atoms with E-state index in [1.165, 1.54) is 6.92 Å². The van der Waals surface area contributed by atoms with E-state index in [1.54, 1.807) is 0 Å². The molecule has 1 atom stereocenters.